The Morgan fingerprint density at radius 2 is 1.93 bits per heavy atom. The van der Waals surface area contributed by atoms with Gasteiger partial charge in [-0.15, -0.1) is 0 Å². The lowest BCUT2D eigenvalue weighted by Crippen LogP contribution is -2.50. The molecule has 2 fully saturated rings. The molecule has 1 aromatic carbocycles. The number of sulfonamides is 1. The molecule has 3 heterocycles. The maximum absolute atomic E-state index is 12.9. The molecule has 7 nitrogen and oxygen atoms in total. The van der Waals surface area contributed by atoms with Gasteiger partial charge < -0.3 is 14.4 Å². The summed E-state index contributed by atoms with van der Waals surface area (Å²) in [4.78, 5) is 14.5. The number of hydrogen-bond acceptors (Lipinski definition) is 5. The summed E-state index contributed by atoms with van der Waals surface area (Å²) in [5.74, 6) is 0.797. The fourth-order valence-electron chi connectivity index (χ4n) is 4.55. The first-order chi connectivity index (χ1) is 13.7. The summed E-state index contributed by atoms with van der Waals surface area (Å²) in [5.41, 5.74) is 1.08. The van der Waals surface area contributed by atoms with Crippen LogP contribution in [0.1, 0.15) is 45.0 Å². The molecule has 1 saturated carbocycles. The molecule has 3 aliphatic heterocycles. The number of ether oxygens (including phenoxy) is 2. The Kier molecular flexibility index (Phi) is 5.26. The van der Waals surface area contributed by atoms with Crippen LogP contribution < -0.4 is 9.46 Å². The first-order valence-corrected chi connectivity index (χ1v) is 11.8. The van der Waals surface area contributed by atoms with Gasteiger partial charge in [0.15, 0.2) is 6.61 Å². The molecule has 2 atom stereocenters. The SMILES string of the molecule is [2H]C12CCC(CC1)c1ccccc1OCC(=O)N1CC[C@H](NS(C)(=O)=O)C1CO2. The molecular weight excluding hydrogens is 380 g/mol. The van der Waals surface area contributed by atoms with Crippen molar-refractivity contribution in [2.75, 3.05) is 26.0 Å². The number of rotatable bonds is 2. The highest BCUT2D eigenvalue weighted by Gasteiger charge is 2.39. The van der Waals surface area contributed by atoms with Gasteiger partial charge in [-0.3, -0.25) is 4.79 Å². The van der Waals surface area contributed by atoms with Crippen molar-refractivity contribution in [2.24, 2.45) is 0 Å². The van der Waals surface area contributed by atoms with E-state index < -0.39 is 28.2 Å². The molecule has 1 aromatic rings. The van der Waals surface area contributed by atoms with Crippen LogP contribution in [0.4, 0.5) is 0 Å². The Labute approximate surface area is 167 Å². The van der Waals surface area contributed by atoms with E-state index in [0.29, 0.717) is 31.6 Å². The van der Waals surface area contributed by atoms with Crippen LogP contribution >= 0.6 is 0 Å². The number of nitrogens with zero attached hydrogens (tertiary/aromatic N) is 1. The maximum atomic E-state index is 12.9. The highest BCUT2D eigenvalue weighted by Crippen LogP contribution is 2.38. The van der Waals surface area contributed by atoms with Crippen molar-refractivity contribution < 1.29 is 24.1 Å². The lowest BCUT2D eigenvalue weighted by atomic mass is 9.82. The van der Waals surface area contributed by atoms with Gasteiger partial charge in [-0.2, -0.15) is 0 Å². The lowest BCUT2D eigenvalue weighted by molar-refractivity contribution is -0.136. The zero-order valence-electron chi connectivity index (χ0n) is 17.1. The highest BCUT2D eigenvalue weighted by molar-refractivity contribution is 7.88. The van der Waals surface area contributed by atoms with Crippen molar-refractivity contribution in [1.29, 1.82) is 0 Å². The number of fused-ring (bicyclic) bond motifs is 5. The van der Waals surface area contributed by atoms with Crippen molar-refractivity contribution >= 4 is 15.9 Å². The fourth-order valence-corrected chi connectivity index (χ4v) is 5.38. The second-order valence-electron chi connectivity index (χ2n) is 7.89. The van der Waals surface area contributed by atoms with Crippen molar-refractivity contribution in [3.05, 3.63) is 29.8 Å². The minimum Gasteiger partial charge on any atom is -0.483 e. The van der Waals surface area contributed by atoms with Crippen LogP contribution in [-0.2, 0) is 19.6 Å². The first-order valence-electron chi connectivity index (χ1n) is 10.4. The van der Waals surface area contributed by atoms with E-state index in [9.17, 15) is 13.2 Å². The summed E-state index contributed by atoms with van der Waals surface area (Å²) in [5, 5.41) is 0. The molecule has 8 heteroatoms. The molecule has 0 radical (unpaired) electrons. The van der Waals surface area contributed by atoms with E-state index in [0.717, 1.165) is 24.7 Å². The van der Waals surface area contributed by atoms with Crippen LogP contribution in [0.3, 0.4) is 0 Å². The van der Waals surface area contributed by atoms with E-state index in [4.69, 9.17) is 10.8 Å². The van der Waals surface area contributed by atoms with Gasteiger partial charge in [-0.05, 0) is 49.7 Å². The Bertz CT molecular complexity index is 869. The second-order valence-corrected chi connectivity index (χ2v) is 9.67. The van der Waals surface area contributed by atoms with Gasteiger partial charge in [-0.25, -0.2) is 13.1 Å². The topological polar surface area (TPSA) is 84.9 Å². The zero-order chi connectivity index (χ0) is 20.6. The smallest absolute Gasteiger partial charge is 0.260 e. The van der Waals surface area contributed by atoms with Crippen LogP contribution in [0.15, 0.2) is 24.3 Å². The third-order valence-corrected chi connectivity index (χ3v) is 6.67. The number of nitrogens with one attached hydrogen (secondary N) is 1. The molecule has 5 rings (SSSR count). The lowest BCUT2D eigenvalue weighted by Gasteiger charge is -2.32. The number of amides is 1. The molecule has 4 aliphatic rings. The van der Waals surface area contributed by atoms with Crippen LogP contribution in [0.2, 0.25) is 0 Å². The fraction of sp³-hybridized carbons (Fsp3) is 0.650. The standard InChI is InChI=1S/C20H28N2O5S/c1-28(24,25)21-17-10-11-22-18(17)12-26-15-8-6-14(7-9-15)16-4-2-3-5-19(16)27-13-20(22)23/h2-5,14-15,17-18,21H,6-13H2,1H3/t14?,15?,17-,18?/m0/s1/i15D. The quantitative estimate of drug-likeness (QED) is 0.803. The monoisotopic (exact) mass is 409 g/mol. The van der Waals surface area contributed by atoms with Crippen molar-refractivity contribution in [3.63, 3.8) is 0 Å². The molecule has 1 saturated heterocycles. The molecule has 1 unspecified atom stereocenters. The molecular formula is C20H28N2O5S. The second kappa shape index (κ2) is 8.00. The largest absolute Gasteiger partial charge is 0.483 e. The number of hydrogen-bond donors (Lipinski definition) is 1. The minimum absolute atomic E-state index is 0.0994. The predicted octanol–water partition coefficient (Wildman–Crippen LogP) is 1.64. The van der Waals surface area contributed by atoms with Crippen LogP contribution in [0, 0.1) is 0 Å². The molecule has 1 N–H and O–H groups in total. The van der Waals surface area contributed by atoms with Gasteiger partial charge in [-0.1, -0.05) is 18.2 Å². The Morgan fingerprint density at radius 1 is 1.18 bits per heavy atom. The maximum Gasteiger partial charge on any atom is 0.260 e. The molecule has 1 aliphatic carbocycles. The molecule has 154 valence electrons. The number of carbonyl (C=O) groups is 1. The first kappa shape index (κ1) is 18.4. The van der Waals surface area contributed by atoms with Crippen molar-refractivity contribution in [2.45, 2.75) is 56.2 Å². The van der Waals surface area contributed by atoms with E-state index in [2.05, 4.69) is 4.72 Å². The molecule has 0 aromatic heterocycles. The summed E-state index contributed by atoms with van der Waals surface area (Å²) in [7, 11) is -3.42. The van der Waals surface area contributed by atoms with Gasteiger partial charge in [0.1, 0.15) is 5.75 Å². The van der Waals surface area contributed by atoms with Gasteiger partial charge in [0.2, 0.25) is 10.0 Å². The van der Waals surface area contributed by atoms with Gasteiger partial charge in [0, 0.05) is 12.6 Å². The van der Waals surface area contributed by atoms with E-state index in [1.54, 1.807) is 4.90 Å². The molecule has 28 heavy (non-hydrogen) atoms. The van der Waals surface area contributed by atoms with Crippen LogP contribution in [-0.4, -0.2) is 63.4 Å². The Morgan fingerprint density at radius 3 is 2.68 bits per heavy atom. The van der Waals surface area contributed by atoms with Crippen LogP contribution in [0.5, 0.6) is 5.75 Å². The molecule has 1 amide bonds. The average Bonchev–Trinajstić information content (AvgIpc) is 3.06. The molecule has 0 spiro atoms. The highest BCUT2D eigenvalue weighted by atomic mass is 32.2. The van der Waals surface area contributed by atoms with E-state index in [1.807, 2.05) is 24.3 Å². The summed E-state index contributed by atoms with van der Waals surface area (Å²) in [6.07, 6.45) is 3.44. The third kappa shape index (κ3) is 4.34. The average molecular weight is 410 g/mol. The van der Waals surface area contributed by atoms with Gasteiger partial charge in [0.05, 0.1) is 26.4 Å². The number of benzene rings is 1. The third-order valence-electron chi connectivity index (χ3n) is 5.94. The van der Waals surface area contributed by atoms with Crippen LogP contribution in [0.25, 0.3) is 0 Å². The predicted molar refractivity (Wildman–Crippen MR) is 105 cm³/mol. The Balaban J connectivity index is 1.63. The summed E-state index contributed by atoms with van der Waals surface area (Å²) in [6, 6.07) is 6.91. The zero-order valence-corrected chi connectivity index (χ0v) is 16.9. The normalized spacial score (nSPS) is 34.3. The molecule has 2 bridgehead atoms. The Hall–Kier alpha value is -1.64. The summed E-state index contributed by atoms with van der Waals surface area (Å²) < 4.78 is 46.8. The minimum atomic E-state index is -3.42. The summed E-state index contributed by atoms with van der Waals surface area (Å²) in [6.45, 7) is 0.469. The van der Waals surface area contributed by atoms with E-state index in [-0.39, 0.29) is 25.0 Å². The van der Waals surface area contributed by atoms with Gasteiger partial charge >= 0.3 is 0 Å². The van der Waals surface area contributed by atoms with E-state index >= 15 is 0 Å². The van der Waals surface area contributed by atoms with E-state index in [1.165, 1.54) is 0 Å². The van der Waals surface area contributed by atoms with Gasteiger partial charge in [0.25, 0.3) is 5.91 Å². The van der Waals surface area contributed by atoms with Crippen molar-refractivity contribution in [1.82, 2.24) is 9.62 Å². The van der Waals surface area contributed by atoms with Crippen molar-refractivity contribution in [3.8, 4) is 5.75 Å². The number of para-hydroxylation sites is 1. The number of carbonyl (C=O) groups excluding carboxylic acids is 1. The summed E-state index contributed by atoms with van der Waals surface area (Å²) >= 11 is 0.